The molecule has 1 N–H and O–H groups in total. The second kappa shape index (κ2) is 8.70. The van der Waals surface area contributed by atoms with Gasteiger partial charge in [-0.15, -0.1) is 11.3 Å². The highest BCUT2D eigenvalue weighted by Gasteiger charge is 2.29. The largest absolute Gasteiger partial charge is 0.480 e. The number of nitrogens with zero attached hydrogens (tertiary/aromatic N) is 2. The predicted molar refractivity (Wildman–Crippen MR) is 109 cm³/mol. The Kier molecular flexibility index (Phi) is 6.31. The van der Waals surface area contributed by atoms with Crippen LogP contribution in [0.5, 0.6) is 5.88 Å². The molecule has 146 valence electrons. The maximum absolute atomic E-state index is 13.3. The van der Waals surface area contributed by atoms with Crippen LogP contribution in [0.25, 0.3) is 11.1 Å². The Morgan fingerprint density at radius 2 is 2.11 bits per heavy atom. The molecular weight excluding hydrogens is 399 g/mol. The van der Waals surface area contributed by atoms with Crippen LogP contribution < -0.4 is 4.74 Å². The van der Waals surface area contributed by atoms with E-state index < -0.39 is 10.7 Å². The molecule has 2 heterocycles. The molecule has 0 fully saturated rings. The fraction of sp³-hybridized carbons (Fsp3) is 0.250. The molecule has 1 aromatic carbocycles. The molecule has 3 rings (SSSR count). The average molecular weight is 419 g/mol. The van der Waals surface area contributed by atoms with Crippen LogP contribution in [0.4, 0.5) is 4.39 Å². The lowest BCUT2D eigenvalue weighted by molar-refractivity contribution is -0.138. The van der Waals surface area contributed by atoms with Crippen LogP contribution in [-0.2, 0) is 11.2 Å². The molecule has 28 heavy (non-hydrogen) atoms. The lowest BCUT2D eigenvalue weighted by Crippen LogP contribution is -2.26. The minimum absolute atomic E-state index is 0.287. The SMILES string of the molecule is CC(C)(Sc1nc(CCOc2ccc(-c3cccc(F)c3)cn2)cs1)C(=O)O. The fourth-order valence-electron chi connectivity index (χ4n) is 2.28. The van der Waals surface area contributed by atoms with Crippen molar-refractivity contribution in [2.45, 2.75) is 29.4 Å². The Labute approximate surface area is 170 Å². The number of carboxylic acids is 1. The number of rotatable bonds is 8. The lowest BCUT2D eigenvalue weighted by atomic mass is 10.1. The van der Waals surface area contributed by atoms with E-state index in [9.17, 15) is 14.3 Å². The zero-order valence-electron chi connectivity index (χ0n) is 15.4. The number of thioether (sulfide) groups is 1. The molecule has 5 nitrogen and oxygen atoms in total. The molecule has 0 bridgehead atoms. The van der Waals surface area contributed by atoms with Gasteiger partial charge < -0.3 is 9.84 Å². The molecular formula is C20H19FN2O3S2. The first-order valence-corrected chi connectivity index (χ1v) is 10.2. The third-order valence-electron chi connectivity index (χ3n) is 3.89. The molecule has 0 aliphatic rings. The van der Waals surface area contributed by atoms with Gasteiger partial charge in [0.25, 0.3) is 0 Å². The second-order valence-corrected chi connectivity index (χ2v) is 9.24. The van der Waals surface area contributed by atoms with Gasteiger partial charge in [0.15, 0.2) is 4.34 Å². The van der Waals surface area contributed by atoms with Gasteiger partial charge in [-0.25, -0.2) is 14.4 Å². The number of hydrogen-bond donors (Lipinski definition) is 1. The van der Waals surface area contributed by atoms with Crippen LogP contribution in [0.1, 0.15) is 19.5 Å². The number of carbonyl (C=O) groups is 1. The molecule has 3 aromatic rings. The highest BCUT2D eigenvalue weighted by molar-refractivity contribution is 8.02. The summed E-state index contributed by atoms with van der Waals surface area (Å²) in [5.74, 6) is -0.673. The van der Waals surface area contributed by atoms with E-state index >= 15 is 0 Å². The van der Waals surface area contributed by atoms with E-state index in [1.54, 1.807) is 32.2 Å². The number of pyridine rings is 1. The van der Waals surface area contributed by atoms with E-state index in [2.05, 4.69) is 9.97 Å². The van der Waals surface area contributed by atoms with Gasteiger partial charge in [0, 0.05) is 29.6 Å². The van der Waals surface area contributed by atoms with Crippen molar-refractivity contribution in [1.82, 2.24) is 9.97 Å². The van der Waals surface area contributed by atoms with Crippen LogP contribution in [0.15, 0.2) is 52.3 Å². The number of aliphatic carboxylic acids is 1. The van der Waals surface area contributed by atoms with Crippen molar-refractivity contribution in [3.05, 3.63) is 59.5 Å². The molecule has 0 spiro atoms. The van der Waals surface area contributed by atoms with Crippen molar-refractivity contribution in [1.29, 1.82) is 0 Å². The molecule has 0 radical (unpaired) electrons. The Morgan fingerprint density at radius 1 is 1.29 bits per heavy atom. The summed E-state index contributed by atoms with van der Waals surface area (Å²) in [6.07, 6.45) is 2.24. The Bertz CT molecular complexity index is 958. The molecule has 8 heteroatoms. The quantitative estimate of drug-likeness (QED) is 0.524. The Morgan fingerprint density at radius 3 is 2.79 bits per heavy atom. The maximum atomic E-state index is 13.3. The summed E-state index contributed by atoms with van der Waals surface area (Å²) < 4.78 is 18.8. The third-order valence-corrected chi connectivity index (χ3v) is 6.06. The molecule has 0 aliphatic heterocycles. The molecule has 0 saturated heterocycles. The summed E-state index contributed by atoms with van der Waals surface area (Å²) in [6, 6.07) is 9.93. The normalized spacial score (nSPS) is 11.4. The summed E-state index contributed by atoms with van der Waals surface area (Å²) in [5.41, 5.74) is 2.43. The molecule has 0 unspecified atom stereocenters. The third kappa shape index (κ3) is 5.30. The summed E-state index contributed by atoms with van der Waals surface area (Å²) in [7, 11) is 0. The highest BCUT2D eigenvalue weighted by Crippen LogP contribution is 2.34. The van der Waals surface area contributed by atoms with Crippen molar-refractivity contribution in [2.24, 2.45) is 0 Å². The second-order valence-electron chi connectivity index (χ2n) is 6.52. The number of halogens is 1. The fourth-order valence-corrected chi connectivity index (χ4v) is 4.50. The Balaban J connectivity index is 1.52. The van der Waals surface area contributed by atoms with E-state index in [1.165, 1.54) is 35.2 Å². The highest BCUT2D eigenvalue weighted by atomic mass is 32.2. The summed E-state index contributed by atoms with van der Waals surface area (Å²) in [4.78, 5) is 19.9. The number of carboxylic acid groups (broad SMARTS) is 1. The van der Waals surface area contributed by atoms with Crippen LogP contribution in [-0.4, -0.2) is 32.4 Å². The van der Waals surface area contributed by atoms with Crippen LogP contribution in [0, 0.1) is 5.82 Å². The van der Waals surface area contributed by atoms with Crippen molar-refractivity contribution >= 4 is 29.1 Å². The number of thiazole rings is 1. The summed E-state index contributed by atoms with van der Waals surface area (Å²) in [6.45, 7) is 3.72. The minimum Gasteiger partial charge on any atom is -0.480 e. The number of hydrogen-bond acceptors (Lipinski definition) is 6. The van der Waals surface area contributed by atoms with Gasteiger partial charge in [-0.05, 0) is 37.6 Å². The summed E-state index contributed by atoms with van der Waals surface area (Å²) in [5, 5.41) is 11.1. The van der Waals surface area contributed by atoms with Gasteiger partial charge in [-0.2, -0.15) is 0 Å². The average Bonchev–Trinajstić information content (AvgIpc) is 3.09. The first kappa shape index (κ1) is 20.3. The predicted octanol–water partition coefficient (Wildman–Crippen LogP) is 4.92. The topological polar surface area (TPSA) is 72.3 Å². The first-order chi connectivity index (χ1) is 13.3. The number of ether oxygens (including phenoxy) is 1. The van der Waals surface area contributed by atoms with Gasteiger partial charge >= 0.3 is 5.97 Å². The molecule has 0 atom stereocenters. The zero-order valence-corrected chi connectivity index (χ0v) is 17.0. The van der Waals surface area contributed by atoms with Crippen molar-refractivity contribution in [2.75, 3.05) is 6.61 Å². The van der Waals surface area contributed by atoms with Gasteiger partial charge in [0.2, 0.25) is 5.88 Å². The van der Waals surface area contributed by atoms with Gasteiger partial charge in [0.05, 0.1) is 12.3 Å². The van der Waals surface area contributed by atoms with Crippen molar-refractivity contribution < 1.29 is 19.0 Å². The van der Waals surface area contributed by atoms with E-state index in [4.69, 9.17) is 4.74 Å². The Hall–Kier alpha value is -2.45. The summed E-state index contributed by atoms with van der Waals surface area (Å²) >= 11 is 2.66. The van der Waals surface area contributed by atoms with Crippen molar-refractivity contribution in [3.8, 4) is 17.0 Å². The molecule has 0 saturated carbocycles. The molecule has 0 aliphatic carbocycles. The van der Waals surface area contributed by atoms with E-state index in [-0.39, 0.29) is 5.82 Å². The van der Waals surface area contributed by atoms with Crippen molar-refractivity contribution in [3.63, 3.8) is 0 Å². The van der Waals surface area contributed by atoms with Crippen LogP contribution in [0.3, 0.4) is 0 Å². The standard InChI is InChI=1S/C20H19FN2O3S2/c1-20(2,18(24)25)28-19-23-16(12-27-19)8-9-26-17-7-6-14(11-22-17)13-4-3-5-15(21)10-13/h3-7,10-12H,8-9H2,1-2H3,(H,24,25). The van der Waals surface area contributed by atoms with Crippen LogP contribution >= 0.6 is 23.1 Å². The van der Waals surface area contributed by atoms with Gasteiger partial charge in [0.1, 0.15) is 10.6 Å². The van der Waals surface area contributed by atoms with E-state index in [0.717, 1.165) is 21.2 Å². The van der Waals surface area contributed by atoms with Crippen LogP contribution in [0.2, 0.25) is 0 Å². The minimum atomic E-state index is -0.918. The molecule has 0 amide bonds. The van der Waals surface area contributed by atoms with E-state index in [0.29, 0.717) is 18.9 Å². The smallest absolute Gasteiger partial charge is 0.319 e. The number of aromatic nitrogens is 2. The zero-order chi connectivity index (χ0) is 20.1. The van der Waals surface area contributed by atoms with Gasteiger partial charge in [-0.3, -0.25) is 4.79 Å². The molecule has 2 aromatic heterocycles. The van der Waals surface area contributed by atoms with Gasteiger partial charge in [-0.1, -0.05) is 23.9 Å². The lowest BCUT2D eigenvalue weighted by Gasteiger charge is -2.15. The van der Waals surface area contributed by atoms with E-state index in [1.807, 2.05) is 17.5 Å². The first-order valence-electron chi connectivity index (χ1n) is 8.55. The monoisotopic (exact) mass is 418 g/mol. The maximum Gasteiger partial charge on any atom is 0.319 e. The number of benzene rings is 1.